The molecule has 0 amide bonds. The number of nitrogens with zero attached hydrogens (tertiary/aromatic N) is 3. The van der Waals surface area contributed by atoms with Gasteiger partial charge in [-0.15, -0.1) is 0 Å². The van der Waals surface area contributed by atoms with Crippen LogP contribution in [-0.2, 0) is 10.0 Å². The number of nitro benzene ring substituents is 1. The summed E-state index contributed by atoms with van der Waals surface area (Å²) in [4.78, 5) is 14.9. The van der Waals surface area contributed by atoms with Crippen molar-refractivity contribution in [2.24, 2.45) is 0 Å². The molecule has 0 fully saturated rings. The SMILES string of the molecule is CCN(c1ccccc1)S(=O)(=O)c1ccc(Oc2ccc([N+](=O)[O-])c3cnccc23)cc1. The molecule has 32 heavy (non-hydrogen) atoms. The molecule has 0 radical (unpaired) electrons. The van der Waals surface area contributed by atoms with Crippen molar-refractivity contribution >= 4 is 32.2 Å². The number of benzene rings is 3. The van der Waals surface area contributed by atoms with Gasteiger partial charge in [-0.2, -0.15) is 0 Å². The maximum absolute atomic E-state index is 13.1. The number of pyridine rings is 1. The zero-order valence-electron chi connectivity index (χ0n) is 17.1. The van der Waals surface area contributed by atoms with E-state index in [0.29, 0.717) is 28.0 Å². The van der Waals surface area contributed by atoms with E-state index in [1.165, 1.54) is 41.0 Å². The summed E-state index contributed by atoms with van der Waals surface area (Å²) < 4.78 is 33.5. The van der Waals surface area contributed by atoms with Gasteiger partial charge in [-0.3, -0.25) is 19.4 Å². The van der Waals surface area contributed by atoms with Gasteiger partial charge in [0, 0.05) is 30.4 Å². The molecule has 0 spiro atoms. The molecule has 0 saturated carbocycles. The quantitative estimate of drug-likeness (QED) is 0.286. The highest BCUT2D eigenvalue weighted by Crippen LogP contribution is 2.35. The first-order valence-corrected chi connectivity index (χ1v) is 11.2. The van der Waals surface area contributed by atoms with Gasteiger partial charge in [0.25, 0.3) is 15.7 Å². The summed E-state index contributed by atoms with van der Waals surface area (Å²) in [5.41, 5.74) is 0.517. The first-order chi connectivity index (χ1) is 15.4. The van der Waals surface area contributed by atoms with Crippen molar-refractivity contribution in [2.75, 3.05) is 10.8 Å². The molecule has 4 rings (SSSR count). The summed E-state index contributed by atoms with van der Waals surface area (Å²) >= 11 is 0. The molecule has 0 unspecified atom stereocenters. The molecule has 8 nitrogen and oxygen atoms in total. The number of rotatable bonds is 7. The van der Waals surface area contributed by atoms with Crippen LogP contribution in [0.2, 0.25) is 0 Å². The average molecular weight is 449 g/mol. The minimum atomic E-state index is -3.75. The van der Waals surface area contributed by atoms with Crippen LogP contribution in [-0.4, -0.2) is 24.9 Å². The molecular weight excluding hydrogens is 430 g/mol. The van der Waals surface area contributed by atoms with Crippen LogP contribution in [0, 0.1) is 10.1 Å². The monoisotopic (exact) mass is 449 g/mol. The molecule has 0 N–H and O–H groups in total. The third-order valence-electron chi connectivity index (χ3n) is 4.92. The van der Waals surface area contributed by atoms with E-state index >= 15 is 0 Å². The highest BCUT2D eigenvalue weighted by atomic mass is 32.2. The van der Waals surface area contributed by atoms with Gasteiger partial charge in [0.15, 0.2) is 0 Å². The number of non-ortho nitro benzene ring substituents is 1. The number of hydrogen-bond donors (Lipinski definition) is 0. The van der Waals surface area contributed by atoms with Crippen molar-refractivity contribution in [1.82, 2.24) is 4.98 Å². The summed E-state index contributed by atoms with van der Waals surface area (Å²) in [6.45, 7) is 2.06. The van der Waals surface area contributed by atoms with Crippen molar-refractivity contribution in [3.05, 3.63) is 95.3 Å². The molecule has 0 atom stereocenters. The highest BCUT2D eigenvalue weighted by Gasteiger charge is 2.23. The maximum Gasteiger partial charge on any atom is 0.279 e. The Morgan fingerprint density at radius 2 is 1.69 bits per heavy atom. The van der Waals surface area contributed by atoms with Gasteiger partial charge in [0.1, 0.15) is 11.5 Å². The van der Waals surface area contributed by atoms with Gasteiger partial charge in [-0.05, 0) is 55.5 Å². The van der Waals surface area contributed by atoms with E-state index < -0.39 is 14.9 Å². The van der Waals surface area contributed by atoms with Crippen LogP contribution in [0.5, 0.6) is 11.5 Å². The van der Waals surface area contributed by atoms with E-state index in [2.05, 4.69) is 4.98 Å². The van der Waals surface area contributed by atoms with Gasteiger partial charge >= 0.3 is 0 Å². The van der Waals surface area contributed by atoms with E-state index in [4.69, 9.17) is 4.74 Å². The minimum absolute atomic E-state index is 0.0672. The van der Waals surface area contributed by atoms with Crippen molar-refractivity contribution in [3.63, 3.8) is 0 Å². The highest BCUT2D eigenvalue weighted by molar-refractivity contribution is 7.92. The van der Waals surface area contributed by atoms with Crippen LogP contribution in [0.15, 0.2) is 90.1 Å². The lowest BCUT2D eigenvalue weighted by Gasteiger charge is -2.23. The number of anilines is 1. The molecule has 0 saturated heterocycles. The third-order valence-corrected chi connectivity index (χ3v) is 6.84. The zero-order chi connectivity index (χ0) is 22.7. The lowest BCUT2D eigenvalue weighted by molar-refractivity contribution is -0.383. The largest absolute Gasteiger partial charge is 0.457 e. The molecule has 0 aliphatic heterocycles. The second-order valence-electron chi connectivity index (χ2n) is 6.84. The maximum atomic E-state index is 13.1. The summed E-state index contributed by atoms with van der Waals surface area (Å²) in [5.74, 6) is 0.807. The molecule has 3 aromatic carbocycles. The lowest BCUT2D eigenvalue weighted by Crippen LogP contribution is -2.30. The summed E-state index contributed by atoms with van der Waals surface area (Å²) in [6.07, 6.45) is 2.94. The number of fused-ring (bicyclic) bond motifs is 1. The number of hydrogen-bond acceptors (Lipinski definition) is 6. The van der Waals surface area contributed by atoms with E-state index in [1.807, 2.05) is 6.07 Å². The molecule has 9 heteroatoms. The Hall–Kier alpha value is -3.98. The number of sulfonamides is 1. The Morgan fingerprint density at radius 3 is 2.34 bits per heavy atom. The van der Waals surface area contributed by atoms with Crippen LogP contribution in [0.25, 0.3) is 10.8 Å². The summed E-state index contributed by atoms with van der Waals surface area (Å²) in [5, 5.41) is 12.2. The van der Waals surface area contributed by atoms with E-state index in [9.17, 15) is 18.5 Å². The summed E-state index contributed by atoms with van der Waals surface area (Å²) in [7, 11) is -3.75. The molecule has 1 heterocycles. The molecule has 0 aliphatic carbocycles. The number of nitro groups is 1. The Bertz CT molecular complexity index is 1370. The van der Waals surface area contributed by atoms with Gasteiger partial charge in [-0.1, -0.05) is 18.2 Å². The Morgan fingerprint density at radius 1 is 0.969 bits per heavy atom. The Balaban J connectivity index is 1.64. The smallest absolute Gasteiger partial charge is 0.279 e. The molecule has 0 aliphatic rings. The predicted octanol–water partition coefficient (Wildman–Crippen LogP) is 5.15. The second-order valence-corrected chi connectivity index (χ2v) is 8.70. The number of aromatic nitrogens is 1. The lowest BCUT2D eigenvalue weighted by atomic mass is 10.1. The van der Waals surface area contributed by atoms with E-state index in [-0.39, 0.29) is 17.1 Å². The standard InChI is InChI=1S/C23H19N3O5S/c1-2-25(17-6-4-3-5-7-17)32(29,30)19-10-8-18(9-11-19)31-23-13-12-22(26(27)28)21-16-24-15-14-20(21)23/h3-16H,2H2,1H3. The van der Waals surface area contributed by atoms with E-state index in [0.717, 1.165) is 0 Å². The predicted molar refractivity (Wildman–Crippen MR) is 122 cm³/mol. The average Bonchev–Trinajstić information content (AvgIpc) is 2.80. The van der Waals surface area contributed by atoms with Crippen LogP contribution in [0.1, 0.15) is 6.92 Å². The van der Waals surface area contributed by atoms with Gasteiger partial charge in [-0.25, -0.2) is 8.42 Å². The summed E-state index contributed by atoms with van der Waals surface area (Å²) in [6, 6.07) is 19.5. The third kappa shape index (κ3) is 3.97. The number of ether oxygens (including phenoxy) is 1. The van der Waals surface area contributed by atoms with Crippen molar-refractivity contribution < 1.29 is 18.1 Å². The molecule has 0 bridgehead atoms. The molecule has 4 aromatic rings. The first-order valence-electron chi connectivity index (χ1n) is 9.78. The fourth-order valence-corrected chi connectivity index (χ4v) is 4.89. The number of para-hydroxylation sites is 1. The Kier molecular flexibility index (Phi) is 5.74. The van der Waals surface area contributed by atoms with Crippen LogP contribution in [0.3, 0.4) is 0 Å². The zero-order valence-corrected chi connectivity index (χ0v) is 17.9. The molecule has 1 aromatic heterocycles. The van der Waals surface area contributed by atoms with Gasteiger partial charge < -0.3 is 4.74 Å². The van der Waals surface area contributed by atoms with Crippen molar-refractivity contribution in [1.29, 1.82) is 0 Å². The van der Waals surface area contributed by atoms with Crippen LogP contribution < -0.4 is 9.04 Å². The van der Waals surface area contributed by atoms with Crippen molar-refractivity contribution in [3.8, 4) is 11.5 Å². The molecular formula is C23H19N3O5S. The molecule has 162 valence electrons. The topological polar surface area (TPSA) is 103 Å². The first kappa shape index (κ1) is 21.3. The second kappa shape index (κ2) is 8.64. The Labute approximate surface area is 184 Å². The minimum Gasteiger partial charge on any atom is -0.457 e. The van der Waals surface area contributed by atoms with Crippen LogP contribution >= 0.6 is 0 Å². The van der Waals surface area contributed by atoms with Gasteiger partial charge in [0.05, 0.1) is 20.9 Å². The van der Waals surface area contributed by atoms with E-state index in [1.54, 1.807) is 49.4 Å². The fraction of sp³-hybridized carbons (Fsp3) is 0.0870. The fourth-order valence-electron chi connectivity index (χ4n) is 3.42. The van der Waals surface area contributed by atoms with Gasteiger partial charge in [0.2, 0.25) is 0 Å². The normalized spacial score (nSPS) is 11.3. The van der Waals surface area contributed by atoms with Crippen molar-refractivity contribution in [2.45, 2.75) is 11.8 Å². The van der Waals surface area contributed by atoms with Crippen LogP contribution in [0.4, 0.5) is 11.4 Å².